The Morgan fingerprint density at radius 1 is 1.38 bits per heavy atom. The monoisotopic (exact) mass is 311 g/mol. The summed E-state index contributed by atoms with van der Waals surface area (Å²) in [5.41, 5.74) is 1.91. The minimum atomic E-state index is -3.04. The molecule has 1 aromatic carbocycles. The number of hydrogen-bond acceptors (Lipinski definition) is 4. The third-order valence-electron chi connectivity index (χ3n) is 3.86. The Hall–Kier alpha value is -1.40. The Labute approximate surface area is 125 Å². The Morgan fingerprint density at radius 3 is 2.71 bits per heavy atom. The molecule has 1 N–H and O–H groups in total. The molecular weight excluding hydrogens is 290 g/mol. The van der Waals surface area contributed by atoms with E-state index >= 15 is 0 Å². The Bertz CT molecular complexity index is 612. The zero-order valence-electron chi connectivity index (χ0n) is 12.3. The smallest absolute Gasteiger partial charge is 0.224 e. The Morgan fingerprint density at radius 2 is 2.10 bits per heavy atom. The fraction of sp³-hybridized carbons (Fsp3) is 0.533. The van der Waals surface area contributed by atoms with Gasteiger partial charge >= 0.3 is 0 Å². The van der Waals surface area contributed by atoms with Gasteiger partial charge in [-0.05, 0) is 24.5 Å². The summed E-state index contributed by atoms with van der Waals surface area (Å²) in [6.45, 7) is 2.17. The predicted molar refractivity (Wildman–Crippen MR) is 80.7 cm³/mol. The maximum absolute atomic E-state index is 12.1. The molecule has 1 fully saturated rings. The van der Waals surface area contributed by atoms with Crippen LogP contribution < -0.4 is 5.32 Å². The standard InChI is InChI=1S/C15H21NO4S/c1-11-14(6-7-21(11,18)19)16-15(17)9-12-4-3-5-13(8-12)10-20-2/h3-5,8,11,14H,6-7,9-10H2,1-2H3,(H,16,17)/t11-,14-/m0/s1. The number of sulfone groups is 1. The molecule has 5 nitrogen and oxygen atoms in total. The first-order valence-corrected chi connectivity index (χ1v) is 8.71. The third-order valence-corrected chi connectivity index (χ3v) is 6.13. The normalized spacial score (nSPS) is 23.9. The molecule has 1 amide bonds. The van der Waals surface area contributed by atoms with Crippen LogP contribution >= 0.6 is 0 Å². The molecule has 0 aromatic heterocycles. The highest BCUT2D eigenvalue weighted by molar-refractivity contribution is 7.92. The van der Waals surface area contributed by atoms with Crippen molar-refractivity contribution < 1.29 is 17.9 Å². The molecule has 1 aromatic rings. The van der Waals surface area contributed by atoms with Gasteiger partial charge in [0.25, 0.3) is 0 Å². The quantitative estimate of drug-likeness (QED) is 0.883. The molecule has 0 aliphatic carbocycles. The van der Waals surface area contributed by atoms with Crippen molar-refractivity contribution in [1.29, 1.82) is 0 Å². The van der Waals surface area contributed by atoms with Gasteiger partial charge in [-0.3, -0.25) is 4.79 Å². The molecule has 0 radical (unpaired) electrons. The number of carbonyl (C=O) groups is 1. The number of carbonyl (C=O) groups excluding carboxylic acids is 1. The maximum Gasteiger partial charge on any atom is 0.224 e. The van der Waals surface area contributed by atoms with E-state index in [2.05, 4.69) is 5.32 Å². The lowest BCUT2D eigenvalue weighted by molar-refractivity contribution is -0.121. The lowest BCUT2D eigenvalue weighted by Crippen LogP contribution is -2.41. The summed E-state index contributed by atoms with van der Waals surface area (Å²) in [5.74, 6) is 0.0149. The van der Waals surface area contributed by atoms with Crippen molar-refractivity contribution in [2.45, 2.75) is 37.7 Å². The molecular formula is C15H21NO4S. The van der Waals surface area contributed by atoms with Gasteiger partial charge in [0.15, 0.2) is 9.84 Å². The molecule has 6 heteroatoms. The summed E-state index contributed by atoms with van der Waals surface area (Å²) >= 11 is 0. The number of nitrogens with one attached hydrogen (secondary N) is 1. The molecule has 1 saturated heterocycles. The van der Waals surface area contributed by atoms with Gasteiger partial charge in [-0.25, -0.2) is 8.42 Å². The molecule has 1 aliphatic heterocycles. The Kier molecular flexibility index (Phi) is 5.00. The van der Waals surface area contributed by atoms with Gasteiger partial charge in [-0.2, -0.15) is 0 Å². The molecule has 2 rings (SSSR count). The van der Waals surface area contributed by atoms with Gasteiger partial charge in [0.1, 0.15) is 0 Å². The summed E-state index contributed by atoms with van der Waals surface area (Å²) in [5, 5.41) is 2.34. The highest BCUT2D eigenvalue weighted by atomic mass is 32.2. The lowest BCUT2D eigenvalue weighted by Gasteiger charge is -2.16. The minimum Gasteiger partial charge on any atom is -0.380 e. The van der Waals surface area contributed by atoms with E-state index in [4.69, 9.17) is 4.74 Å². The van der Waals surface area contributed by atoms with Crippen LogP contribution in [-0.2, 0) is 32.4 Å². The topological polar surface area (TPSA) is 72.5 Å². The fourth-order valence-corrected chi connectivity index (χ4v) is 4.25. The molecule has 0 saturated carbocycles. The van der Waals surface area contributed by atoms with Crippen LogP contribution in [0.25, 0.3) is 0 Å². The first-order chi connectivity index (χ1) is 9.92. The summed E-state index contributed by atoms with van der Waals surface area (Å²) < 4.78 is 28.4. The van der Waals surface area contributed by atoms with Crippen molar-refractivity contribution in [3.8, 4) is 0 Å². The molecule has 0 unspecified atom stereocenters. The largest absolute Gasteiger partial charge is 0.380 e. The van der Waals surface area contributed by atoms with Crippen molar-refractivity contribution >= 4 is 15.7 Å². The van der Waals surface area contributed by atoms with Crippen molar-refractivity contribution in [3.05, 3.63) is 35.4 Å². The van der Waals surface area contributed by atoms with Crippen LogP contribution in [0, 0.1) is 0 Å². The highest BCUT2D eigenvalue weighted by Gasteiger charge is 2.37. The van der Waals surface area contributed by atoms with E-state index < -0.39 is 15.1 Å². The van der Waals surface area contributed by atoms with Gasteiger partial charge < -0.3 is 10.1 Å². The van der Waals surface area contributed by atoms with Crippen molar-refractivity contribution in [3.63, 3.8) is 0 Å². The summed E-state index contributed by atoms with van der Waals surface area (Å²) in [4.78, 5) is 12.1. The van der Waals surface area contributed by atoms with E-state index in [1.54, 1.807) is 14.0 Å². The maximum atomic E-state index is 12.1. The SMILES string of the molecule is COCc1cccc(CC(=O)N[C@H]2CCS(=O)(=O)[C@H]2C)c1. The molecule has 116 valence electrons. The highest BCUT2D eigenvalue weighted by Crippen LogP contribution is 2.20. The van der Waals surface area contributed by atoms with Crippen LogP contribution in [0.4, 0.5) is 0 Å². The second-order valence-corrected chi connectivity index (χ2v) is 7.94. The van der Waals surface area contributed by atoms with Gasteiger partial charge in [-0.15, -0.1) is 0 Å². The molecule has 21 heavy (non-hydrogen) atoms. The first kappa shape index (κ1) is 16.0. The number of amides is 1. The second-order valence-electron chi connectivity index (χ2n) is 5.46. The second kappa shape index (κ2) is 6.58. The summed E-state index contributed by atoms with van der Waals surface area (Å²) in [7, 11) is -1.41. The van der Waals surface area contributed by atoms with Crippen LogP contribution in [0.1, 0.15) is 24.5 Å². The first-order valence-electron chi connectivity index (χ1n) is 7.00. The summed E-state index contributed by atoms with van der Waals surface area (Å²) in [6.07, 6.45) is 0.750. The molecule has 0 bridgehead atoms. The van der Waals surface area contributed by atoms with Gasteiger partial charge in [-0.1, -0.05) is 24.3 Å². The molecule has 2 atom stereocenters. The van der Waals surface area contributed by atoms with E-state index in [0.29, 0.717) is 13.0 Å². The van der Waals surface area contributed by atoms with E-state index in [0.717, 1.165) is 11.1 Å². The fourth-order valence-electron chi connectivity index (χ4n) is 2.59. The third kappa shape index (κ3) is 4.04. The number of methoxy groups -OCH3 is 1. The average molecular weight is 311 g/mol. The number of benzene rings is 1. The van der Waals surface area contributed by atoms with Crippen molar-refractivity contribution in [2.75, 3.05) is 12.9 Å². The zero-order chi connectivity index (χ0) is 15.5. The molecule has 1 aliphatic rings. The summed E-state index contributed by atoms with van der Waals surface area (Å²) in [6, 6.07) is 7.37. The number of ether oxygens (including phenoxy) is 1. The van der Waals surface area contributed by atoms with Crippen LogP contribution in [-0.4, -0.2) is 38.5 Å². The van der Waals surface area contributed by atoms with Crippen LogP contribution in [0.5, 0.6) is 0 Å². The predicted octanol–water partition coefficient (Wildman–Crippen LogP) is 1.07. The number of hydrogen-bond donors (Lipinski definition) is 1. The van der Waals surface area contributed by atoms with Crippen LogP contribution in [0.15, 0.2) is 24.3 Å². The Balaban J connectivity index is 1.95. The van der Waals surface area contributed by atoms with E-state index in [-0.39, 0.29) is 24.1 Å². The van der Waals surface area contributed by atoms with Crippen LogP contribution in [0.3, 0.4) is 0 Å². The molecule has 1 heterocycles. The number of rotatable bonds is 5. The van der Waals surface area contributed by atoms with E-state index in [1.807, 2.05) is 24.3 Å². The van der Waals surface area contributed by atoms with E-state index in [1.165, 1.54) is 0 Å². The zero-order valence-corrected chi connectivity index (χ0v) is 13.2. The van der Waals surface area contributed by atoms with E-state index in [9.17, 15) is 13.2 Å². The van der Waals surface area contributed by atoms with Crippen molar-refractivity contribution in [2.24, 2.45) is 0 Å². The van der Waals surface area contributed by atoms with Gasteiger partial charge in [0.05, 0.1) is 24.0 Å². The van der Waals surface area contributed by atoms with Gasteiger partial charge in [0, 0.05) is 13.2 Å². The molecule has 0 spiro atoms. The minimum absolute atomic E-state index is 0.140. The average Bonchev–Trinajstić information content (AvgIpc) is 2.67. The lowest BCUT2D eigenvalue weighted by atomic mass is 10.1. The van der Waals surface area contributed by atoms with Crippen LogP contribution in [0.2, 0.25) is 0 Å². The van der Waals surface area contributed by atoms with Gasteiger partial charge in [0.2, 0.25) is 5.91 Å². The van der Waals surface area contributed by atoms with Crippen molar-refractivity contribution in [1.82, 2.24) is 5.32 Å².